The van der Waals surface area contributed by atoms with Gasteiger partial charge in [0, 0.05) is 6.04 Å². The summed E-state index contributed by atoms with van der Waals surface area (Å²) in [5.41, 5.74) is 1.32. The van der Waals surface area contributed by atoms with E-state index in [1.54, 1.807) is 0 Å². The highest BCUT2D eigenvalue weighted by atomic mass is 16.4. The Bertz CT molecular complexity index is 350. The second-order valence-corrected chi connectivity index (χ2v) is 4.36. The minimum atomic E-state index is -0.720. The number of hydrogen-bond acceptors (Lipinski definition) is 2. The Morgan fingerprint density at radius 2 is 2.06 bits per heavy atom. The van der Waals surface area contributed by atoms with Gasteiger partial charge in [-0.05, 0) is 31.2 Å². The molecule has 0 saturated carbocycles. The molecule has 1 aromatic rings. The van der Waals surface area contributed by atoms with Gasteiger partial charge in [-0.25, -0.2) is 0 Å². The molecule has 0 spiro atoms. The van der Waals surface area contributed by atoms with Gasteiger partial charge in [0.05, 0.1) is 0 Å². The number of hydrogen-bond donors (Lipinski definition) is 2. The van der Waals surface area contributed by atoms with E-state index in [0.717, 1.165) is 25.7 Å². The molecule has 1 aromatic carbocycles. The topological polar surface area (TPSA) is 49.3 Å². The summed E-state index contributed by atoms with van der Waals surface area (Å²) in [5.74, 6) is -0.720. The molecule has 1 heterocycles. The van der Waals surface area contributed by atoms with Crippen LogP contribution in [-0.2, 0) is 11.2 Å². The van der Waals surface area contributed by atoms with Crippen molar-refractivity contribution >= 4 is 5.97 Å². The van der Waals surface area contributed by atoms with Gasteiger partial charge in [0.15, 0.2) is 0 Å². The number of carbonyl (C=O) groups is 1. The molecule has 1 fully saturated rings. The Labute approximate surface area is 95.5 Å². The second-order valence-electron chi connectivity index (χ2n) is 4.36. The summed E-state index contributed by atoms with van der Waals surface area (Å²) in [6.45, 7) is 0. The summed E-state index contributed by atoms with van der Waals surface area (Å²) in [5, 5.41) is 12.0. The van der Waals surface area contributed by atoms with E-state index in [0.29, 0.717) is 6.04 Å². The quantitative estimate of drug-likeness (QED) is 0.812. The molecule has 0 aliphatic carbocycles. The van der Waals surface area contributed by atoms with Crippen LogP contribution in [0.25, 0.3) is 0 Å². The van der Waals surface area contributed by atoms with Crippen LogP contribution >= 0.6 is 0 Å². The summed E-state index contributed by atoms with van der Waals surface area (Å²) in [4.78, 5) is 10.8. The van der Waals surface area contributed by atoms with Gasteiger partial charge in [-0.1, -0.05) is 30.3 Å². The minimum Gasteiger partial charge on any atom is -0.480 e. The molecule has 1 saturated heterocycles. The minimum absolute atomic E-state index is 0.333. The monoisotopic (exact) mass is 219 g/mol. The van der Waals surface area contributed by atoms with Crippen molar-refractivity contribution in [2.45, 2.75) is 37.8 Å². The molecule has 2 N–H and O–H groups in total. The maximum absolute atomic E-state index is 10.8. The van der Waals surface area contributed by atoms with Gasteiger partial charge < -0.3 is 10.4 Å². The highest BCUT2D eigenvalue weighted by Gasteiger charge is 2.28. The summed E-state index contributed by atoms with van der Waals surface area (Å²) < 4.78 is 0. The van der Waals surface area contributed by atoms with E-state index in [-0.39, 0.29) is 6.04 Å². The summed E-state index contributed by atoms with van der Waals surface area (Å²) in [6, 6.07) is 10.3. The largest absolute Gasteiger partial charge is 0.480 e. The fourth-order valence-corrected chi connectivity index (χ4v) is 2.23. The van der Waals surface area contributed by atoms with E-state index in [1.807, 2.05) is 18.2 Å². The summed E-state index contributed by atoms with van der Waals surface area (Å²) >= 11 is 0. The lowest BCUT2D eigenvalue weighted by Gasteiger charge is -2.11. The van der Waals surface area contributed by atoms with Crippen molar-refractivity contribution in [1.82, 2.24) is 5.32 Å². The predicted octanol–water partition coefficient (Wildman–Crippen LogP) is 1.82. The number of carboxylic acids is 1. The van der Waals surface area contributed by atoms with Crippen LogP contribution in [0, 0.1) is 0 Å². The van der Waals surface area contributed by atoms with Crippen molar-refractivity contribution in [3.63, 3.8) is 0 Å². The molecule has 2 rings (SSSR count). The molecule has 16 heavy (non-hydrogen) atoms. The molecule has 1 aliphatic rings. The number of carboxylic acid groups (broad SMARTS) is 1. The van der Waals surface area contributed by atoms with Crippen LogP contribution in [0.5, 0.6) is 0 Å². The zero-order valence-corrected chi connectivity index (χ0v) is 9.23. The van der Waals surface area contributed by atoms with Gasteiger partial charge in [0.2, 0.25) is 0 Å². The molecule has 0 radical (unpaired) electrons. The third-order valence-electron chi connectivity index (χ3n) is 3.16. The maximum Gasteiger partial charge on any atom is 0.320 e. The van der Waals surface area contributed by atoms with Crippen molar-refractivity contribution in [2.24, 2.45) is 0 Å². The third-order valence-corrected chi connectivity index (χ3v) is 3.16. The lowest BCUT2D eigenvalue weighted by atomic mass is 10.0. The van der Waals surface area contributed by atoms with Crippen LogP contribution in [0.1, 0.15) is 24.8 Å². The van der Waals surface area contributed by atoms with Gasteiger partial charge in [-0.2, -0.15) is 0 Å². The molecule has 3 heteroatoms. The fraction of sp³-hybridized carbons (Fsp3) is 0.462. The van der Waals surface area contributed by atoms with E-state index >= 15 is 0 Å². The Kier molecular flexibility index (Phi) is 3.57. The van der Waals surface area contributed by atoms with Crippen molar-refractivity contribution in [3.05, 3.63) is 35.9 Å². The predicted molar refractivity (Wildman–Crippen MR) is 62.3 cm³/mol. The van der Waals surface area contributed by atoms with E-state index < -0.39 is 5.97 Å². The molecule has 86 valence electrons. The number of benzene rings is 1. The van der Waals surface area contributed by atoms with Crippen molar-refractivity contribution in [2.75, 3.05) is 0 Å². The van der Waals surface area contributed by atoms with Crippen LogP contribution in [-0.4, -0.2) is 23.2 Å². The van der Waals surface area contributed by atoms with Crippen molar-refractivity contribution in [1.29, 1.82) is 0 Å². The molecular weight excluding hydrogens is 202 g/mol. The first kappa shape index (κ1) is 11.1. The molecule has 2 atom stereocenters. The molecule has 0 bridgehead atoms. The number of rotatable bonds is 4. The molecule has 2 unspecified atom stereocenters. The van der Waals surface area contributed by atoms with Gasteiger partial charge in [0.1, 0.15) is 6.04 Å². The second kappa shape index (κ2) is 5.12. The fourth-order valence-electron chi connectivity index (χ4n) is 2.23. The Balaban J connectivity index is 1.78. The average Bonchev–Trinajstić information content (AvgIpc) is 2.76. The van der Waals surface area contributed by atoms with Gasteiger partial charge in [0.25, 0.3) is 0 Å². The normalized spacial score (nSPS) is 24.5. The van der Waals surface area contributed by atoms with Gasteiger partial charge >= 0.3 is 5.97 Å². The number of aryl methyl sites for hydroxylation is 1. The highest BCUT2D eigenvalue weighted by molar-refractivity contribution is 5.73. The van der Waals surface area contributed by atoms with Gasteiger partial charge in [-0.15, -0.1) is 0 Å². The first-order valence-corrected chi connectivity index (χ1v) is 5.78. The Morgan fingerprint density at radius 3 is 2.69 bits per heavy atom. The SMILES string of the molecule is O=C(O)C1CCC(CCc2ccccc2)N1. The summed E-state index contributed by atoms with van der Waals surface area (Å²) in [6.07, 6.45) is 3.78. The molecule has 0 aromatic heterocycles. The van der Waals surface area contributed by atoms with Crippen molar-refractivity contribution < 1.29 is 9.90 Å². The van der Waals surface area contributed by atoms with Crippen LogP contribution in [0.4, 0.5) is 0 Å². The number of nitrogens with one attached hydrogen (secondary N) is 1. The lowest BCUT2D eigenvalue weighted by Crippen LogP contribution is -2.35. The zero-order chi connectivity index (χ0) is 11.4. The molecule has 0 amide bonds. The molecular formula is C13H17NO2. The van der Waals surface area contributed by atoms with Crippen LogP contribution < -0.4 is 5.32 Å². The number of aliphatic carboxylic acids is 1. The highest BCUT2D eigenvalue weighted by Crippen LogP contribution is 2.17. The average molecular weight is 219 g/mol. The van der Waals surface area contributed by atoms with E-state index in [9.17, 15) is 4.79 Å². The van der Waals surface area contributed by atoms with Crippen molar-refractivity contribution in [3.8, 4) is 0 Å². The third kappa shape index (κ3) is 2.83. The van der Waals surface area contributed by atoms with E-state index in [4.69, 9.17) is 5.11 Å². The van der Waals surface area contributed by atoms with Crippen LogP contribution in [0.15, 0.2) is 30.3 Å². The maximum atomic E-state index is 10.8. The Hall–Kier alpha value is -1.35. The molecule has 1 aliphatic heterocycles. The lowest BCUT2D eigenvalue weighted by molar-refractivity contribution is -0.139. The summed E-state index contributed by atoms with van der Waals surface area (Å²) in [7, 11) is 0. The van der Waals surface area contributed by atoms with Gasteiger partial charge in [-0.3, -0.25) is 4.79 Å². The molecule has 3 nitrogen and oxygen atoms in total. The van der Waals surface area contributed by atoms with E-state index in [2.05, 4.69) is 17.4 Å². The first-order chi connectivity index (χ1) is 7.75. The van der Waals surface area contributed by atoms with E-state index in [1.165, 1.54) is 5.56 Å². The smallest absolute Gasteiger partial charge is 0.320 e. The van der Waals surface area contributed by atoms with Crippen LogP contribution in [0.3, 0.4) is 0 Å². The zero-order valence-electron chi connectivity index (χ0n) is 9.23. The standard InChI is InChI=1S/C13H17NO2/c15-13(16)12-9-8-11(14-12)7-6-10-4-2-1-3-5-10/h1-5,11-12,14H,6-9H2,(H,15,16). The van der Waals surface area contributed by atoms with Crippen LogP contribution in [0.2, 0.25) is 0 Å². The Morgan fingerprint density at radius 1 is 1.31 bits per heavy atom. The first-order valence-electron chi connectivity index (χ1n) is 5.78.